The summed E-state index contributed by atoms with van der Waals surface area (Å²) in [5.74, 6) is 4.86. The molecule has 0 spiro atoms. The molecule has 0 aliphatic rings. The SMILES string of the molecule is NCC#CCOC(=O)c1ccccc1. The Kier molecular flexibility index (Phi) is 4.25. The lowest BCUT2D eigenvalue weighted by atomic mass is 10.2. The highest BCUT2D eigenvalue weighted by Crippen LogP contribution is 2.00. The van der Waals surface area contributed by atoms with Gasteiger partial charge in [-0.15, -0.1) is 0 Å². The normalized spacial score (nSPS) is 8.64. The first-order valence-corrected chi connectivity index (χ1v) is 4.22. The maximum Gasteiger partial charge on any atom is 0.339 e. The first kappa shape index (κ1) is 10.3. The summed E-state index contributed by atoms with van der Waals surface area (Å²) in [6.07, 6.45) is 0. The molecule has 0 amide bonds. The first-order chi connectivity index (χ1) is 6.84. The Morgan fingerprint density at radius 3 is 2.64 bits per heavy atom. The molecule has 1 rings (SSSR count). The topological polar surface area (TPSA) is 52.3 Å². The predicted molar refractivity (Wildman–Crippen MR) is 53.6 cm³/mol. The van der Waals surface area contributed by atoms with Gasteiger partial charge in [0.05, 0.1) is 12.1 Å². The Balaban J connectivity index is 2.44. The fourth-order valence-electron chi connectivity index (χ4n) is 0.882. The van der Waals surface area contributed by atoms with E-state index >= 15 is 0 Å². The number of hydrogen-bond donors (Lipinski definition) is 1. The molecule has 0 atom stereocenters. The van der Waals surface area contributed by atoms with Gasteiger partial charge in [-0.25, -0.2) is 4.79 Å². The van der Waals surface area contributed by atoms with Gasteiger partial charge in [0, 0.05) is 0 Å². The molecule has 2 N–H and O–H groups in total. The van der Waals surface area contributed by atoms with Crippen molar-refractivity contribution >= 4 is 5.97 Å². The lowest BCUT2D eigenvalue weighted by molar-refractivity contribution is 0.0556. The molecular weight excluding hydrogens is 178 g/mol. The van der Waals surface area contributed by atoms with Crippen LogP contribution in [0.2, 0.25) is 0 Å². The number of ether oxygens (including phenoxy) is 1. The standard InChI is InChI=1S/C11H11NO2/c12-8-4-5-9-14-11(13)10-6-2-1-3-7-10/h1-3,6-7H,8-9,12H2. The van der Waals surface area contributed by atoms with Gasteiger partial charge < -0.3 is 10.5 Å². The predicted octanol–water partition coefficient (Wildman–Crippen LogP) is 0.805. The molecule has 1 aromatic carbocycles. The van der Waals surface area contributed by atoms with E-state index in [1.807, 2.05) is 6.07 Å². The molecule has 0 aliphatic heterocycles. The van der Waals surface area contributed by atoms with E-state index < -0.39 is 0 Å². The summed E-state index contributed by atoms with van der Waals surface area (Å²) in [5, 5.41) is 0. The zero-order valence-corrected chi connectivity index (χ0v) is 7.69. The number of carbonyl (C=O) groups is 1. The van der Waals surface area contributed by atoms with Gasteiger partial charge in [0.15, 0.2) is 6.61 Å². The van der Waals surface area contributed by atoms with Crippen molar-refractivity contribution in [2.75, 3.05) is 13.2 Å². The minimum Gasteiger partial charge on any atom is -0.449 e. The third kappa shape index (κ3) is 3.30. The summed E-state index contributed by atoms with van der Waals surface area (Å²) in [4.78, 5) is 11.3. The molecular formula is C11H11NO2. The molecule has 3 nitrogen and oxygen atoms in total. The van der Waals surface area contributed by atoms with E-state index in [4.69, 9.17) is 10.5 Å². The summed E-state index contributed by atoms with van der Waals surface area (Å²) in [5.41, 5.74) is 5.67. The fraction of sp³-hybridized carbons (Fsp3) is 0.182. The average Bonchev–Trinajstić information content (AvgIpc) is 2.25. The summed E-state index contributed by atoms with van der Waals surface area (Å²) in [7, 11) is 0. The van der Waals surface area contributed by atoms with Crippen molar-refractivity contribution in [3.05, 3.63) is 35.9 Å². The monoisotopic (exact) mass is 189 g/mol. The molecule has 0 aromatic heterocycles. The van der Waals surface area contributed by atoms with Crippen LogP contribution < -0.4 is 5.73 Å². The van der Waals surface area contributed by atoms with Gasteiger partial charge in [0.25, 0.3) is 0 Å². The maximum atomic E-state index is 11.3. The van der Waals surface area contributed by atoms with E-state index in [0.717, 1.165) is 0 Å². The maximum absolute atomic E-state index is 11.3. The van der Waals surface area contributed by atoms with Crippen molar-refractivity contribution < 1.29 is 9.53 Å². The number of hydrogen-bond acceptors (Lipinski definition) is 3. The fourth-order valence-corrected chi connectivity index (χ4v) is 0.882. The molecule has 0 unspecified atom stereocenters. The summed E-state index contributed by atoms with van der Waals surface area (Å²) >= 11 is 0. The lowest BCUT2D eigenvalue weighted by Crippen LogP contribution is -2.05. The van der Waals surface area contributed by atoms with Crippen LogP contribution in [0, 0.1) is 11.8 Å². The van der Waals surface area contributed by atoms with Gasteiger partial charge in [-0.1, -0.05) is 30.0 Å². The van der Waals surface area contributed by atoms with E-state index in [1.54, 1.807) is 24.3 Å². The van der Waals surface area contributed by atoms with Crippen molar-refractivity contribution in [3.63, 3.8) is 0 Å². The van der Waals surface area contributed by atoms with Crippen LogP contribution in [0.5, 0.6) is 0 Å². The first-order valence-electron chi connectivity index (χ1n) is 4.22. The Labute approximate surface area is 82.9 Å². The van der Waals surface area contributed by atoms with Crippen LogP contribution in [0.25, 0.3) is 0 Å². The number of nitrogens with two attached hydrogens (primary N) is 1. The van der Waals surface area contributed by atoms with E-state index in [2.05, 4.69) is 11.8 Å². The van der Waals surface area contributed by atoms with Crippen molar-refractivity contribution in [1.29, 1.82) is 0 Å². The minimum atomic E-state index is -0.364. The Morgan fingerprint density at radius 1 is 1.29 bits per heavy atom. The quantitative estimate of drug-likeness (QED) is 0.553. The molecule has 0 aliphatic carbocycles. The molecule has 0 fully saturated rings. The third-order valence-electron chi connectivity index (χ3n) is 1.51. The smallest absolute Gasteiger partial charge is 0.339 e. The van der Waals surface area contributed by atoms with Gasteiger partial charge in [0.2, 0.25) is 0 Å². The van der Waals surface area contributed by atoms with Crippen LogP contribution in [-0.4, -0.2) is 19.1 Å². The molecule has 0 saturated carbocycles. The van der Waals surface area contributed by atoms with Crippen LogP contribution in [0.15, 0.2) is 30.3 Å². The molecule has 0 heterocycles. The molecule has 1 aromatic rings. The molecule has 14 heavy (non-hydrogen) atoms. The van der Waals surface area contributed by atoms with Gasteiger partial charge in [-0.3, -0.25) is 0 Å². The summed E-state index contributed by atoms with van der Waals surface area (Å²) in [6, 6.07) is 8.78. The minimum absolute atomic E-state index is 0.0882. The van der Waals surface area contributed by atoms with Crippen molar-refractivity contribution in [2.24, 2.45) is 5.73 Å². The second-order valence-corrected chi connectivity index (χ2v) is 2.50. The Hall–Kier alpha value is -1.79. The van der Waals surface area contributed by atoms with Gasteiger partial charge in [-0.05, 0) is 12.1 Å². The van der Waals surface area contributed by atoms with E-state index in [-0.39, 0.29) is 19.1 Å². The zero-order chi connectivity index (χ0) is 10.2. The zero-order valence-electron chi connectivity index (χ0n) is 7.69. The van der Waals surface area contributed by atoms with Crippen molar-refractivity contribution in [3.8, 4) is 11.8 Å². The summed E-state index contributed by atoms with van der Waals surface area (Å²) < 4.78 is 4.86. The largest absolute Gasteiger partial charge is 0.449 e. The van der Waals surface area contributed by atoms with Crippen molar-refractivity contribution in [2.45, 2.75) is 0 Å². The summed E-state index contributed by atoms with van der Waals surface area (Å²) in [6.45, 7) is 0.369. The van der Waals surface area contributed by atoms with Gasteiger partial charge >= 0.3 is 5.97 Å². The highest BCUT2D eigenvalue weighted by Gasteiger charge is 2.03. The highest BCUT2D eigenvalue weighted by atomic mass is 16.5. The number of carbonyl (C=O) groups excluding carboxylic acids is 1. The highest BCUT2D eigenvalue weighted by molar-refractivity contribution is 5.89. The molecule has 0 radical (unpaired) electrons. The second kappa shape index (κ2) is 5.79. The van der Waals surface area contributed by atoms with Crippen molar-refractivity contribution in [1.82, 2.24) is 0 Å². The molecule has 3 heteroatoms. The van der Waals surface area contributed by atoms with E-state index in [9.17, 15) is 4.79 Å². The van der Waals surface area contributed by atoms with Crippen LogP contribution in [0.1, 0.15) is 10.4 Å². The van der Waals surface area contributed by atoms with E-state index in [0.29, 0.717) is 5.56 Å². The van der Waals surface area contributed by atoms with E-state index in [1.165, 1.54) is 0 Å². The second-order valence-electron chi connectivity index (χ2n) is 2.50. The molecule has 0 saturated heterocycles. The Morgan fingerprint density at radius 2 is 2.00 bits per heavy atom. The van der Waals surface area contributed by atoms with Crippen LogP contribution >= 0.6 is 0 Å². The van der Waals surface area contributed by atoms with Crippen LogP contribution in [0.3, 0.4) is 0 Å². The van der Waals surface area contributed by atoms with Gasteiger partial charge in [-0.2, -0.15) is 0 Å². The third-order valence-corrected chi connectivity index (χ3v) is 1.51. The number of esters is 1. The van der Waals surface area contributed by atoms with Crippen LogP contribution in [-0.2, 0) is 4.74 Å². The van der Waals surface area contributed by atoms with Crippen LogP contribution in [0.4, 0.5) is 0 Å². The number of benzene rings is 1. The number of rotatable bonds is 2. The average molecular weight is 189 g/mol. The van der Waals surface area contributed by atoms with Gasteiger partial charge in [0.1, 0.15) is 0 Å². The lowest BCUT2D eigenvalue weighted by Gasteiger charge is -1.99. The Bertz CT molecular complexity index is 349. The molecule has 72 valence electrons. The molecule has 0 bridgehead atoms.